The molecule has 2 rings (SSSR count). The van der Waals surface area contributed by atoms with Gasteiger partial charge in [0.1, 0.15) is 5.69 Å². The highest BCUT2D eigenvalue weighted by atomic mass is 16.6. The number of rotatable bonds is 5. The van der Waals surface area contributed by atoms with Gasteiger partial charge in [0.2, 0.25) is 5.91 Å². The van der Waals surface area contributed by atoms with Gasteiger partial charge in [-0.1, -0.05) is 38.3 Å². The second kappa shape index (κ2) is 5.16. The molecule has 0 bridgehead atoms. The number of nitrogens with one attached hydrogen (secondary N) is 1. The molecule has 1 heterocycles. The van der Waals surface area contributed by atoms with Crippen molar-refractivity contribution >= 4 is 17.3 Å². The fraction of sp³-hybridized carbons (Fsp3) is 0.462. The van der Waals surface area contributed by atoms with Gasteiger partial charge < -0.3 is 5.32 Å². The third kappa shape index (κ3) is 2.20. The van der Waals surface area contributed by atoms with Crippen LogP contribution >= 0.6 is 0 Å². The quantitative estimate of drug-likeness (QED) is 0.494. The Morgan fingerprint density at radius 3 is 2.83 bits per heavy atom. The maximum Gasteiger partial charge on any atom is 0.293 e. The van der Waals surface area contributed by atoms with E-state index < -0.39 is 4.92 Å². The van der Waals surface area contributed by atoms with Gasteiger partial charge in [-0.15, -0.1) is 0 Å². The Kier molecular flexibility index (Phi) is 3.60. The average Bonchev–Trinajstić information content (AvgIpc) is 2.66. The standard InChI is InChI=1S/C13H16N2O3/c1-2-3-4-6-10-9-7-5-8-11(15(17)18)12(9)14-13(10)16/h5,7-8,10H,2-4,6H2,1H3,(H,14,16). The fourth-order valence-electron chi connectivity index (χ4n) is 2.37. The number of carbonyl (C=O) groups excluding carboxylic acids is 1. The lowest BCUT2D eigenvalue weighted by Gasteiger charge is -2.07. The summed E-state index contributed by atoms with van der Waals surface area (Å²) in [4.78, 5) is 22.3. The van der Waals surface area contributed by atoms with Crippen LogP contribution in [0.3, 0.4) is 0 Å². The molecule has 96 valence electrons. The molecule has 1 aliphatic rings. The van der Waals surface area contributed by atoms with E-state index in [1.165, 1.54) is 6.07 Å². The van der Waals surface area contributed by atoms with Gasteiger partial charge in [0.25, 0.3) is 5.69 Å². The first-order valence-corrected chi connectivity index (χ1v) is 6.23. The first-order valence-electron chi connectivity index (χ1n) is 6.23. The Labute approximate surface area is 105 Å². The van der Waals surface area contributed by atoms with Crippen molar-refractivity contribution in [2.45, 2.75) is 38.5 Å². The fourth-order valence-corrected chi connectivity index (χ4v) is 2.37. The molecular weight excluding hydrogens is 232 g/mol. The van der Waals surface area contributed by atoms with E-state index >= 15 is 0 Å². The summed E-state index contributed by atoms with van der Waals surface area (Å²) in [5.41, 5.74) is 1.14. The van der Waals surface area contributed by atoms with Crippen LogP contribution < -0.4 is 5.32 Å². The molecule has 1 aromatic carbocycles. The Morgan fingerprint density at radius 1 is 1.39 bits per heavy atom. The number of nitrogens with zero attached hydrogens (tertiary/aromatic N) is 1. The van der Waals surface area contributed by atoms with Gasteiger partial charge in [-0.25, -0.2) is 0 Å². The third-order valence-electron chi connectivity index (χ3n) is 3.31. The minimum Gasteiger partial charge on any atom is -0.320 e. The van der Waals surface area contributed by atoms with E-state index in [0.29, 0.717) is 5.69 Å². The third-order valence-corrected chi connectivity index (χ3v) is 3.31. The van der Waals surface area contributed by atoms with Gasteiger partial charge in [0.15, 0.2) is 0 Å². The lowest BCUT2D eigenvalue weighted by Crippen LogP contribution is -2.12. The van der Waals surface area contributed by atoms with Crippen LogP contribution in [0.1, 0.15) is 44.1 Å². The van der Waals surface area contributed by atoms with E-state index in [4.69, 9.17) is 0 Å². The zero-order valence-electron chi connectivity index (χ0n) is 10.3. The van der Waals surface area contributed by atoms with Crippen molar-refractivity contribution in [1.82, 2.24) is 0 Å². The molecule has 1 unspecified atom stereocenters. The predicted molar refractivity (Wildman–Crippen MR) is 68.6 cm³/mol. The lowest BCUT2D eigenvalue weighted by atomic mass is 9.94. The molecule has 0 saturated heterocycles. The van der Waals surface area contributed by atoms with E-state index in [0.717, 1.165) is 31.2 Å². The number of anilines is 1. The van der Waals surface area contributed by atoms with E-state index in [-0.39, 0.29) is 17.5 Å². The molecule has 1 N–H and O–H groups in total. The number of unbranched alkanes of at least 4 members (excludes halogenated alkanes) is 2. The topological polar surface area (TPSA) is 72.2 Å². The van der Waals surface area contributed by atoms with E-state index in [1.54, 1.807) is 12.1 Å². The van der Waals surface area contributed by atoms with Crippen LogP contribution in [0.2, 0.25) is 0 Å². The van der Waals surface area contributed by atoms with Crippen LogP contribution in [0.25, 0.3) is 0 Å². The molecule has 5 heteroatoms. The molecule has 18 heavy (non-hydrogen) atoms. The summed E-state index contributed by atoms with van der Waals surface area (Å²) in [6.45, 7) is 2.10. The summed E-state index contributed by atoms with van der Waals surface area (Å²) >= 11 is 0. The van der Waals surface area contributed by atoms with Crippen molar-refractivity contribution in [2.75, 3.05) is 5.32 Å². The lowest BCUT2D eigenvalue weighted by molar-refractivity contribution is -0.383. The molecule has 1 atom stereocenters. The van der Waals surface area contributed by atoms with Crippen LogP contribution in [-0.4, -0.2) is 10.8 Å². The molecule has 0 spiro atoms. The summed E-state index contributed by atoms with van der Waals surface area (Å²) in [6, 6.07) is 4.87. The molecule has 0 saturated carbocycles. The van der Waals surface area contributed by atoms with Crippen molar-refractivity contribution in [1.29, 1.82) is 0 Å². The summed E-state index contributed by atoms with van der Waals surface area (Å²) in [7, 11) is 0. The smallest absolute Gasteiger partial charge is 0.293 e. The summed E-state index contributed by atoms with van der Waals surface area (Å²) in [5.74, 6) is -0.346. The summed E-state index contributed by atoms with van der Waals surface area (Å²) in [6.07, 6.45) is 3.90. The second-order valence-corrected chi connectivity index (χ2v) is 4.54. The van der Waals surface area contributed by atoms with E-state index in [1.807, 2.05) is 0 Å². The van der Waals surface area contributed by atoms with Gasteiger partial charge in [0.05, 0.1) is 10.8 Å². The van der Waals surface area contributed by atoms with Crippen LogP contribution in [0, 0.1) is 10.1 Å². The maximum atomic E-state index is 11.9. The SMILES string of the molecule is CCCCCC1C(=O)Nc2c1cccc2[N+](=O)[O-]. The number of nitro groups is 1. The molecule has 1 amide bonds. The first-order chi connectivity index (χ1) is 8.65. The molecule has 5 nitrogen and oxygen atoms in total. The highest BCUT2D eigenvalue weighted by Crippen LogP contribution is 2.41. The zero-order chi connectivity index (χ0) is 13.1. The number of nitro benzene ring substituents is 1. The van der Waals surface area contributed by atoms with Crippen LogP contribution in [0.4, 0.5) is 11.4 Å². The van der Waals surface area contributed by atoms with Crippen molar-refractivity contribution in [3.8, 4) is 0 Å². The molecule has 1 aliphatic heterocycles. The van der Waals surface area contributed by atoms with Crippen molar-refractivity contribution in [3.05, 3.63) is 33.9 Å². The molecule has 0 aromatic heterocycles. The number of amides is 1. The van der Waals surface area contributed by atoms with Gasteiger partial charge in [0, 0.05) is 6.07 Å². The maximum absolute atomic E-state index is 11.9. The van der Waals surface area contributed by atoms with Gasteiger partial charge in [-0.3, -0.25) is 14.9 Å². The number of benzene rings is 1. The number of hydrogen-bond donors (Lipinski definition) is 1. The molecule has 0 aliphatic carbocycles. The first kappa shape index (κ1) is 12.5. The summed E-state index contributed by atoms with van der Waals surface area (Å²) in [5, 5.41) is 13.5. The van der Waals surface area contributed by atoms with Gasteiger partial charge in [-0.05, 0) is 12.0 Å². The normalized spacial score (nSPS) is 17.4. The minimum absolute atomic E-state index is 0.0150. The van der Waals surface area contributed by atoms with Crippen LogP contribution in [0.15, 0.2) is 18.2 Å². The van der Waals surface area contributed by atoms with Crippen molar-refractivity contribution in [3.63, 3.8) is 0 Å². The molecular formula is C13H16N2O3. The predicted octanol–water partition coefficient (Wildman–Crippen LogP) is 3.21. The van der Waals surface area contributed by atoms with Crippen LogP contribution in [-0.2, 0) is 4.79 Å². The zero-order valence-corrected chi connectivity index (χ0v) is 10.3. The van der Waals surface area contributed by atoms with Crippen molar-refractivity contribution in [2.24, 2.45) is 0 Å². The van der Waals surface area contributed by atoms with Crippen molar-refractivity contribution < 1.29 is 9.72 Å². The van der Waals surface area contributed by atoms with Crippen LogP contribution in [0.5, 0.6) is 0 Å². The highest BCUT2D eigenvalue weighted by molar-refractivity contribution is 6.05. The van der Waals surface area contributed by atoms with Gasteiger partial charge >= 0.3 is 0 Å². The number of para-hydroxylation sites is 1. The molecule has 0 fully saturated rings. The monoisotopic (exact) mass is 248 g/mol. The number of fused-ring (bicyclic) bond motifs is 1. The second-order valence-electron chi connectivity index (χ2n) is 4.54. The summed E-state index contributed by atoms with van der Waals surface area (Å²) < 4.78 is 0. The Balaban J connectivity index is 2.26. The highest BCUT2D eigenvalue weighted by Gasteiger charge is 2.34. The van der Waals surface area contributed by atoms with Gasteiger partial charge in [-0.2, -0.15) is 0 Å². The Bertz CT molecular complexity index is 485. The van der Waals surface area contributed by atoms with E-state index in [9.17, 15) is 14.9 Å². The molecule has 1 aromatic rings. The largest absolute Gasteiger partial charge is 0.320 e. The Morgan fingerprint density at radius 2 is 2.17 bits per heavy atom. The average molecular weight is 248 g/mol. The van der Waals surface area contributed by atoms with E-state index in [2.05, 4.69) is 12.2 Å². The Hall–Kier alpha value is -1.91. The minimum atomic E-state index is -0.451. The number of carbonyl (C=O) groups is 1. The number of hydrogen-bond acceptors (Lipinski definition) is 3. The molecule has 0 radical (unpaired) electrons.